The fourth-order valence-corrected chi connectivity index (χ4v) is 4.15. The molecule has 1 aromatic heterocycles. The second kappa shape index (κ2) is 7.37. The number of aromatic nitrogens is 1. The van der Waals surface area contributed by atoms with E-state index in [9.17, 15) is 10.1 Å². The minimum absolute atomic E-state index is 0.162. The normalized spacial score (nSPS) is 12.8. The van der Waals surface area contributed by atoms with Crippen LogP contribution in [0, 0.1) is 11.3 Å². The number of allylic oxidation sites excluding steroid dienone is 1. The van der Waals surface area contributed by atoms with Crippen molar-refractivity contribution in [2.24, 2.45) is 0 Å². The minimum atomic E-state index is -0.205. The van der Waals surface area contributed by atoms with Crippen LogP contribution in [0.15, 0.2) is 77.1 Å². The molecule has 0 radical (unpaired) electrons. The van der Waals surface area contributed by atoms with Gasteiger partial charge < -0.3 is 9.80 Å². The third-order valence-electron chi connectivity index (χ3n) is 4.78. The number of thioether (sulfide) groups is 1. The fourth-order valence-electron chi connectivity index (χ4n) is 3.40. The summed E-state index contributed by atoms with van der Waals surface area (Å²) in [6, 6.07) is 21.7. The maximum atomic E-state index is 12.9. The van der Waals surface area contributed by atoms with Gasteiger partial charge in [0.25, 0.3) is 0 Å². The van der Waals surface area contributed by atoms with Crippen molar-refractivity contribution < 1.29 is 4.79 Å². The van der Waals surface area contributed by atoms with Gasteiger partial charge in [-0.3, -0.25) is 4.79 Å². The van der Waals surface area contributed by atoms with Crippen LogP contribution in [0.4, 0.5) is 11.4 Å². The molecule has 0 aliphatic carbocycles. The van der Waals surface area contributed by atoms with Crippen molar-refractivity contribution >= 4 is 39.8 Å². The van der Waals surface area contributed by atoms with Crippen LogP contribution in [0.25, 0.3) is 10.9 Å². The molecule has 138 valence electrons. The van der Waals surface area contributed by atoms with Crippen molar-refractivity contribution in [1.82, 2.24) is 4.98 Å². The summed E-state index contributed by atoms with van der Waals surface area (Å²) in [6.45, 7) is 0. The van der Waals surface area contributed by atoms with Crippen LogP contribution in [0.1, 0.15) is 0 Å². The Morgan fingerprint density at radius 3 is 2.32 bits per heavy atom. The maximum absolute atomic E-state index is 12.9. The third kappa shape index (κ3) is 3.10. The van der Waals surface area contributed by atoms with Gasteiger partial charge in [0.05, 0.1) is 27.7 Å². The first-order chi connectivity index (χ1) is 13.6. The van der Waals surface area contributed by atoms with Gasteiger partial charge >= 0.3 is 0 Å². The first kappa shape index (κ1) is 18.1. The Hall–Kier alpha value is -3.30. The summed E-state index contributed by atoms with van der Waals surface area (Å²) < 4.78 is 0. The molecule has 2 aromatic carbocycles. The van der Waals surface area contributed by atoms with Crippen molar-refractivity contribution in [3.05, 3.63) is 72.1 Å². The van der Waals surface area contributed by atoms with E-state index in [1.807, 2.05) is 84.6 Å². The summed E-state index contributed by atoms with van der Waals surface area (Å²) in [5.74, 6) is 0.570. The van der Waals surface area contributed by atoms with Gasteiger partial charge in [0.1, 0.15) is 17.5 Å². The number of carbonyl (C=O) groups is 1. The summed E-state index contributed by atoms with van der Waals surface area (Å²) >= 11 is 1.35. The number of carbonyl (C=O) groups excluding carboxylic acids is 1. The largest absolute Gasteiger partial charge is 0.328 e. The lowest BCUT2D eigenvalue weighted by atomic mass is 10.2. The predicted octanol–water partition coefficient (Wildman–Crippen LogP) is 4.22. The molecular formula is C22H18N4OS. The Morgan fingerprint density at radius 1 is 1.00 bits per heavy atom. The summed E-state index contributed by atoms with van der Waals surface area (Å²) in [7, 11) is 3.75. The van der Waals surface area contributed by atoms with Gasteiger partial charge in [0.15, 0.2) is 5.78 Å². The Morgan fingerprint density at radius 2 is 1.64 bits per heavy atom. The molecule has 0 fully saturated rings. The molecule has 2 heterocycles. The van der Waals surface area contributed by atoms with Gasteiger partial charge in [-0.15, -0.1) is 0 Å². The Kier molecular flexibility index (Phi) is 4.76. The number of rotatable bonds is 4. The highest BCUT2D eigenvalue weighted by Crippen LogP contribution is 2.40. The van der Waals surface area contributed by atoms with Crippen LogP contribution in [-0.4, -0.2) is 30.6 Å². The summed E-state index contributed by atoms with van der Waals surface area (Å²) in [4.78, 5) is 21.2. The molecular weight excluding hydrogens is 368 g/mol. The average Bonchev–Trinajstić information content (AvgIpc) is 2.98. The number of anilines is 2. The zero-order valence-electron chi connectivity index (χ0n) is 15.6. The first-order valence-electron chi connectivity index (χ1n) is 8.83. The number of nitriles is 1. The molecule has 5 nitrogen and oxygen atoms in total. The van der Waals surface area contributed by atoms with Gasteiger partial charge in [0, 0.05) is 19.5 Å². The summed E-state index contributed by atoms with van der Waals surface area (Å²) in [5.41, 5.74) is 3.01. The van der Waals surface area contributed by atoms with Crippen molar-refractivity contribution in [2.75, 3.05) is 29.6 Å². The van der Waals surface area contributed by atoms with Crippen molar-refractivity contribution in [3.63, 3.8) is 0 Å². The molecule has 0 amide bonds. The highest BCUT2D eigenvalue weighted by atomic mass is 32.2. The van der Waals surface area contributed by atoms with Gasteiger partial charge in [0.2, 0.25) is 0 Å². The fraction of sp³-hybridized carbons (Fsp3) is 0.136. The molecule has 3 aromatic rings. The van der Waals surface area contributed by atoms with Gasteiger partial charge in [-0.2, -0.15) is 5.26 Å². The van der Waals surface area contributed by atoms with Crippen LogP contribution in [0.2, 0.25) is 0 Å². The van der Waals surface area contributed by atoms with E-state index in [4.69, 9.17) is 0 Å². The quantitative estimate of drug-likeness (QED) is 0.380. The molecule has 0 atom stereocenters. The van der Waals surface area contributed by atoms with Gasteiger partial charge in [-0.25, -0.2) is 4.98 Å². The van der Waals surface area contributed by atoms with E-state index in [2.05, 4.69) is 11.1 Å². The first-order valence-corrected chi connectivity index (χ1v) is 9.81. The van der Waals surface area contributed by atoms with Crippen LogP contribution in [0.3, 0.4) is 0 Å². The lowest BCUT2D eigenvalue weighted by Gasteiger charge is -2.19. The smallest absolute Gasteiger partial charge is 0.187 e. The number of para-hydroxylation sites is 3. The molecule has 0 saturated carbocycles. The maximum Gasteiger partial charge on any atom is 0.187 e. The minimum Gasteiger partial charge on any atom is -0.328 e. The zero-order chi connectivity index (χ0) is 19.7. The number of ketones is 1. The topological polar surface area (TPSA) is 60.2 Å². The lowest BCUT2D eigenvalue weighted by molar-refractivity contribution is -0.112. The third-order valence-corrected chi connectivity index (χ3v) is 5.71. The number of hydrogen-bond donors (Lipinski definition) is 0. The number of hydrogen-bond acceptors (Lipinski definition) is 6. The number of benzene rings is 2. The zero-order valence-corrected chi connectivity index (χ0v) is 16.4. The molecule has 0 saturated heterocycles. The van der Waals surface area contributed by atoms with Crippen molar-refractivity contribution in [2.45, 2.75) is 5.03 Å². The van der Waals surface area contributed by atoms with Crippen LogP contribution in [-0.2, 0) is 4.79 Å². The second-order valence-corrected chi connectivity index (χ2v) is 7.47. The van der Waals surface area contributed by atoms with E-state index < -0.39 is 0 Å². The van der Waals surface area contributed by atoms with Crippen molar-refractivity contribution in [1.29, 1.82) is 5.26 Å². The van der Waals surface area contributed by atoms with Crippen LogP contribution in [0.5, 0.6) is 0 Å². The molecule has 4 rings (SSSR count). The van der Waals surface area contributed by atoms with E-state index in [-0.39, 0.29) is 17.1 Å². The van der Waals surface area contributed by atoms with Crippen LogP contribution < -0.4 is 9.80 Å². The van der Waals surface area contributed by atoms with Crippen LogP contribution >= 0.6 is 11.8 Å². The molecule has 0 spiro atoms. The number of Topliss-reactive ketones (excluding diaryl/α,β-unsaturated/α-hetero) is 1. The highest BCUT2D eigenvalue weighted by molar-refractivity contribution is 7.99. The summed E-state index contributed by atoms with van der Waals surface area (Å²) in [6.07, 6.45) is 0. The molecule has 0 unspecified atom stereocenters. The van der Waals surface area contributed by atoms with Gasteiger partial charge in [-0.1, -0.05) is 48.2 Å². The molecule has 28 heavy (non-hydrogen) atoms. The number of nitrogens with zero attached hydrogens (tertiary/aromatic N) is 4. The molecule has 1 aliphatic heterocycles. The van der Waals surface area contributed by atoms with E-state index in [1.54, 1.807) is 0 Å². The van der Waals surface area contributed by atoms with E-state index >= 15 is 0 Å². The monoisotopic (exact) mass is 386 g/mol. The standard InChI is InChI=1S/C22H18N4OS/c1-25-18-9-5-6-10-19(18)26(2)22(25)16(13-23)20(27)14-28-21-12-11-15-7-3-4-8-17(15)24-21/h3-12H,14H2,1-2H3. The summed E-state index contributed by atoms with van der Waals surface area (Å²) in [5, 5.41) is 11.5. The SMILES string of the molecule is CN1C(=C(C#N)C(=O)CSc2ccc3ccccc3n2)N(C)c2ccccc21. The lowest BCUT2D eigenvalue weighted by Crippen LogP contribution is -2.26. The Labute approximate surface area is 167 Å². The Bertz CT molecular complexity index is 1120. The number of fused-ring (bicyclic) bond motifs is 2. The van der Waals surface area contributed by atoms with E-state index in [0.717, 1.165) is 27.3 Å². The molecule has 0 bridgehead atoms. The van der Waals surface area contributed by atoms with Gasteiger partial charge in [-0.05, 0) is 24.3 Å². The van der Waals surface area contributed by atoms with E-state index in [1.165, 1.54) is 11.8 Å². The second-order valence-electron chi connectivity index (χ2n) is 6.47. The highest BCUT2D eigenvalue weighted by Gasteiger charge is 2.31. The molecule has 1 aliphatic rings. The molecule has 6 heteroatoms. The molecule has 0 N–H and O–H groups in total. The number of pyridine rings is 1. The van der Waals surface area contributed by atoms with Crippen molar-refractivity contribution in [3.8, 4) is 6.07 Å². The van der Waals surface area contributed by atoms with E-state index in [0.29, 0.717) is 5.82 Å². The predicted molar refractivity (Wildman–Crippen MR) is 113 cm³/mol. The average molecular weight is 386 g/mol. The Balaban J connectivity index is 1.58.